The predicted octanol–water partition coefficient (Wildman–Crippen LogP) is 3.92. The largest absolute Gasteiger partial charge is 0.493 e. The number of fused-ring (bicyclic) bond motifs is 1. The Morgan fingerprint density at radius 3 is 2.79 bits per heavy atom. The van der Waals surface area contributed by atoms with Crippen LogP contribution in [0.5, 0.6) is 5.75 Å². The number of carbonyl (C=O) groups is 1. The van der Waals surface area contributed by atoms with Crippen LogP contribution >= 0.6 is 0 Å². The molecule has 0 spiro atoms. The van der Waals surface area contributed by atoms with E-state index in [0.717, 1.165) is 33.5 Å². The summed E-state index contributed by atoms with van der Waals surface area (Å²) in [7, 11) is 0. The molecule has 0 aliphatic rings. The fourth-order valence-corrected chi connectivity index (χ4v) is 3.22. The van der Waals surface area contributed by atoms with Crippen molar-refractivity contribution in [2.24, 2.45) is 0 Å². The van der Waals surface area contributed by atoms with E-state index in [2.05, 4.69) is 33.0 Å². The van der Waals surface area contributed by atoms with Crippen LogP contribution in [0.4, 0.5) is 5.69 Å². The number of ether oxygens (including phenoxy) is 1. The fourth-order valence-electron chi connectivity index (χ4n) is 3.22. The van der Waals surface area contributed by atoms with Crippen molar-refractivity contribution in [3.63, 3.8) is 0 Å². The van der Waals surface area contributed by atoms with Gasteiger partial charge in [0.1, 0.15) is 12.1 Å². The highest BCUT2D eigenvalue weighted by molar-refractivity contribution is 5.91. The number of rotatable bonds is 7. The van der Waals surface area contributed by atoms with Crippen molar-refractivity contribution < 1.29 is 9.53 Å². The Balaban J connectivity index is 1.29. The van der Waals surface area contributed by atoms with Gasteiger partial charge in [-0.25, -0.2) is 4.68 Å². The normalized spacial score (nSPS) is 10.8. The van der Waals surface area contributed by atoms with Gasteiger partial charge in [0.25, 0.3) is 0 Å². The molecule has 0 radical (unpaired) electrons. The molecule has 7 heteroatoms. The first kappa shape index (κ1) is 18.6. The molecule has 1 N–H and O–H groups in total. The van der Waals surface area contributed by atoms with Gasteiger partial charge in [0.05, 0.1) is 12.3 Å². The van der Waals surface area contributed by atoms with Crippen molar-refractivity contribution in [2.75, 3.05) is 11.9 Å². The predicted molar refractivity (Wildman–Crippen MR) is 111 cm³/mol. The summed E-state index contributed by atoms with van der Waals surface area (Å²) in [5.41, 5.74) is 2.59. The summed E-state index contributed by atoms with van der Waals surface area (Å²) in [4.78, 5) is 12.3. The van der Waals surface area contributed by atoms with E-state index in [-0.39, 0.29) is 5.91 Å². The zero-order valence-corrected chi connectivity index (χ0v) is 16.1. The second-order valence-electron chi connectivity index (χ2n) is 6.73. The standard InChI is InChI=1S/C22H21N5O2/c1-16-14-18(11-12-20(16)27-15-23-25-26-27)24-22(28)10-5-13-29-21-9-4-7-17-6-2-3-8-19(17)21/h2-4,6-9,11-12,14-15H,5,10,13H2,1H3,(H,24,28). The number of carbonyl (C=O) groups excluding carboxylic acids is 1. The Morgan fingerprint density at radius 1 is 1.10 bits per heavy atom. The monoisotopic (exact) mass is 387 g/mol. The van der Waals surface area contributed by atoms with Crippen LogP contribution in [0.2, 0.25) is 0 Å². The van der Waals surface area contributed by atoms with Crippen molar-refractivity contribution in [3.8, 4) is 11.4 Å². The summed E-state index contributed by atoms with van der Waals surface area (Å²) >= 11 is 0. The highest BCUT2D eigenvalue weighted by Crippen LogP contribution is 2.25. The lowest BCUT2D eigenvalue weighted by molar-refractivity contribution is -0.116. The molecule has 0 saturated carbocycles. The number of tetrazole rings is 1. The van der Waals surface area contributed by atoms with E-state index < -0.39 is 0 Å². The van der Waals surface area contributed by atoms with Crippen LogP contribution in [0.3, 0.4) is 0 Å². The molecular weight excluding hydrogens is 366 g/mol. The van der Waals surface area contributed by atoms with E-state index in [1.807, 2.05) is 55.5 Å². The number of amides is 1. The maximum atomic E-state index is 12.3. The molecule has 4 aromatic rings. The highest BCUT2D eigenvalue weighted by Gasteiger charge is 2.07. The maximum Gasteiger partial charge on any atom is 0.224 e. The van der Waals surface area contributed by atoms with Crippen molar-refractivity contribution >= 4 is 22.4 Å². The lowest BCUT2D eigenvalue weighted by Crippen LogP contribution is -2.13. The molecule has 3 aromatic carbocycles. The van der Waals surface area contributed by atoms with Gasteiger partial charge in [0.15, 0.2) is 0 Å². The third kappa shape index (κ3) is 4.40. The van der Waals surface area contributed by atoms with Crippen molar-refractivity contribution in [3.05, 3.63) is 72.6 Å². The molecule has 29 heavy (non-hydrogen) atoms. The minimum absolute atomic E-state index is 0.0407. The second-order valence-corrected chi connectivity index (χ2v) is 6.73. The first-order valence-electron chi connectivity index (χ1n) is 9.45. The number of hydrogen-bond acceptors (Lipinski definition) is 5. The minimum Gasteiger partial charge on any atom is -0.493 e. The summed E-state index contributed by atoms with van der Waals surface area (Å²) in [6.07, 6.45) is 2.56. The molecule has 0 aliphatic heterocycles. The molecular formula is C22H21N5O2. The Hall–Kier alpha value is -3.74. The summed E-state index contributed by atoms with van der Waals surface area (Å²) in [6.45, 7) is 2.43. The van der Waals surface area contributed by atoms with E-state index in [4.69, 9.17) is 4.74 Å². The van der Waals surface area contributed by atoms with Gasteiger partial charge in [0, 0.05) is 17.5 Å². The van der Waals surface area contributed by atoms with Gasteiger partial charge in [-0.3, -0.25) is 4.79 Å². The van der Waals surface area contributed by atoms with E-state index in [1.165, 1.54) is 6.33 Å². The number of nitrogens with zero attached hydrogens (tertiary/aromatic N) is 4. The van der Waals surface area contributed by atoms with Gasteiger partial charge in [-0.05, 0) is 59.0 Å². The van der Waals surface area contributed by atoms with Crippen LogP contribution in [-0.2, 0) is 4.79 Å². The average molecular weight is 387 g/mol. The lowest BCUT2D eigenvalue weighted by atomic mass is 10.1. The Labute approximate surface area is 168 Å². The molecule has 7 nitrogen and oxygen atoms in total. The van der Waals surface area contributed by atoms with Gasteiger partial charge in [0.2, 0.25) is 5.91 Å². The van der Waals surface area contributed by atoms with Crippen LogP contribution in [0, 0.1) is 6.92 Å². The van der Waals surface area contributed by atoms with E-state index in [9.17, 15) is 4.79 Å². The first-order chi connectivity index (χ1) is 14.2. The van der Waals surface area contributed by atoms with Crippen LogP contribution in [0.1, 0.15) is 18.4 Å². The zero-order valence-electron chi connectivity index (χ0n) is 16.1. The van der Waals surface area contributed by atoms with Gasteiger partial charge in [-0.2, -0.15) is 0 Å². The molecule has 146 valence electrons. The van der Waals surface area contributed by atoms with Crippen LogP contribution in [0.25, 0.3) is 16.5 Å². The van der Waals surface area contributed by atoms with E-state index in [1.54, 1.807) is 4.68 Å². The summed E-state index contributed by atoms with van der Waals surface area (Å²) in [6, 6.07) is 19.7. The zero-order chi connectivity index (χ0) is 20.1. The molecule has 1 heterocycles. The lowest BCUT2D eigenvalue weighted by Gasteiger charge is -2.11. The van der Waals surface area contributed by atoms with Gasteiger partial charge in [-0.1, -0.05) is 36.4 Å². The summed E-state index contributed by atoms with van der Waals surface area (Å²) in [5.74, 6) is 0.804. The number of benzene rings is 3. The van der Waals surface area contributed by atoms with Crippen molar-refractivity contribution in [1.29, 1.82) is 0 Å². The van der Waals surface area contributed by atoms with E-state index >= 15 is 0 Å². The molecule has 0 saturated heterocycles. The third-order valence-electron chi connectivity index (χ3n) is 4.63. The molecule has 1 amide bonds. The molecule has 0 aliphatic carbocycles. The minimum atomic E-state index is -0.0407. The molecule has 0 fully saturated rings. The quantitative estimate of drug-likeness (QED) is 0.486. The third-order valence-corrected chi connectivity index (χ3v) is 4.63. The summed E-state index contributed by atoms with van der Waals surface area (Å²) in [5, 5.41) is 16.3. The second kappa shape index (κ2) is 8.52. The Morgan fingerprint density at radius 2 is 1.97 bits per heavy atom. The van der Waals surface area contributed by atoms with Crippen molar-refractivity contribution in [2.45, 2.75) is 19.8 Å². The SMILES string of the molecule is Cc1cc(NC(=O)CCCOc2cccc3ccccc23)ccc1-n1cnnn1. The molecule has 4 rings (SSSR count). The first-order valence-corrected chi connectivity index (χ1v) is 9.45. The smallest absolute Gasteiger partial charge is 0.224 e. The van der Waals surface area contributed by atoms with Crippen molar-refractivity contribution in [1.82, 2.24) is 20.2 Å². The molecule has 1 aromatic heterocycles. The number of anilines is 1. The fraction of sp³-hybridized carbons (Fsp3) is 0.182. The maximum absolute atomic E-state index is 12.3. The van der Waals surface area contributed by atoms with Crippen LogP contribution in [0.15, 0.2) is 67.0 Å². The van der Waals surface area contributed by atoms with Crippen LogP contribution < -0.4 is 10.1 Å². The highest BCUT2D eigenvalue weighted by atomic mass is 16.5. The van der Waals surface area contributed by atoms with E-state index in [0.29, 0.717) is 19.4 Å². The Kier molecular flexibility index (Phi) is 5.47. The number of hydrogen-bond donors (Lipinski definition) is 1. The number of nitrogens with one attached hydrogen (secondary N) is 1. The number of aromatic nitrogens is 4. The summed E-state index contributed by atoms with van der Waals surface area (Å²) < 4.78 is 7.48. The number of aryl methyl sites for hydroxylation is 1. The Bertz CT molecular complexity index is 1120. The van der Waals surface area contributed by atoms with Gasteiger partial charge in [-0.15, -0.1) is 5.10 Å². The average Bonchev–Trinajstić information content (AvgIpc) is 3.26. The molecule has 0 atom stereocenters. The molecule has 0 bridgehead atoms. The van der Waals surface area contributed by atoms with Gasteiger partial charge >= 0.3 is 0 Å². The topological polar surface area (TPSA) is 81.9 Å². The molecule has 0 unspecified atom stereocenters. The van der Waals surface area contributed by atoms with Gasteiger partial charge < -0.3 is 10.1 Å². The van der Waals surface area contributed by atoms with Crippen LogP contribution in [-0.4, -0.2) is 32.7 Å².